The highest BCUT2D eigenvalue weighted by molar-refractivity contribution is 5.77. The second-order valence-corrected chi connectivity index (χ2v) is 9.03. The zero-order valence-corrected chi connectivity index (χ0v) is 19.5. The first-order valence-electron chi connectivity index (χ1n) is 11.4. The standard InChI is InChI=1S/C24H21F6N5O2/c1-33-8-6-16(7-9-33)35-18-5-4-15(24(28,29)30)11-19(18)34(23(35)36)12-14-3-2-13(10-17(14)25)21-31-32-22(37-21)20(26)27/h2-5,10-11,16,20H,6-9,12H2,1H3. The van der Waals surface area contributed by atoms with E-state index in [9.17, 15) is 26.7 Å². The molecule has 37 heavy (non-hydrogen) atoms. The third-order valence-corrected chi connectivity index (χ3v) is 6.60. The van der Waals surface area contributed by atoms with Crippen molar-refractivity contribution in [3.8, 4) is 11.5 Å². The van der Waals surface area contributed by atoms with Crippen molar-refractivity contribution >= 4 is 11.0 Å². The van der Waals surface area contributed by atoms with E-state index < -0.39 is 35.6 Å². The Morgan fingerprint density at radius 1 is 1.05 bits per heavy atom. The summed E-state index contributed by atoms with van der Waals surface area (Å²) in [5.41, 5.74) is -1.02. The van der Waals surface area contributed by atoms with Gasteiger partial charge in [-0.3, -0.25) is 9.13 Å². The lowest BCUT2D eigenvalue weighted by Gasteiger charge is -2.29. The molecule has 0 spiro atoms. The van der Waals surface area contributed by atoms with Crippen molar-refractivity contribution in [2.45, 2.75) is 38.0 Å². The number of hydrogen-bond donors (Lipinski definition) is 0. The Hall–Kier alpha value is -3.61. The molecule has 0 atom stereocenters. The number of piperidine rings is 1. The summed E-state index contributed by atoms with van der Waals surface area (Å²) >= 11 is 0. The van der Waals surface area contributed by atoms with Crippen molar-refractivity contribution in [2.24, 2.45) is 0 Å². The van der Waals surface area contributed by atoms with Gasteiger partial charge in [0.2, 0.25) is 5.89 Å². The SMILES string of the molecule is CN1CCC(n2c(=O)n(Cc3ccc(-c4nnc(C(F)F)o4)cc3F)c3cc(C(F)(F)F)ccc32)CC1. The van der Waals surface area contributed by atoms with E-state index in [1.54, 1.807) is 0 Å². The molecular weight excluding hydrogens is 504 g/mol. The van der Waals surface area contributed by atoms with Gasteiger partial charge in [0.15, 0.2) is 0 Å². The average Bonchev–Trinajstić information content (AvgIpc) is 3.44. The topological polar surface area (TPSA) is 69.1 Å². The number of imidazole rings is 1. The van der Waals surface area contributed by atoms with E-state index in [2.05, 4.69) is 15.1 Å². The number of nitrogens with zero attached hydrogens (tertiary/aromatic N) is 5. The van der Waals surface area contributed by atoms with Crippen LogP contribution in [-0.4, -0.2) is 44.4 Å². The lowest BCUT2D eigenvalue weighted by atomic mass is 10.0. The van der Waals surface area contributed by atoms with Gasteiger partial charge in [-0.2, -0.15) is 22.0 Å². The molecule has 1 saturated heterocycles. The molecule has 3 heterocycles. The van der Waals surface area contributed by atoms with Crippen LogP contribution >= 0.6 is 0 Å². The van der Waals surface area contributed by atoms with Crippen LogP contribution in [0.15, 0.2) is 45.6 Å². The Labute approximate surface area is 205 Å². The number of fused-ring (bicyclic) bond motifs is 1. The quantitative estimate of drug-likeness (QED) is 0.333. The maximum Gasteiger partial charge on any atom is 0.416 e. The molecule has 0 radical (unpaired) electrons. The molecule has 4 aromatic rings. The van der Waals surface area contributed by atoms with Crippen LogP contribution in [0.25, 0.3) is 22.5 Å². The van der Waals surface area contributed by atoms with E-state index in [0.717, 1.165) is 35.9 Å². The molecule has 5 rings (SSSR count). The van der Waals surface area contributed by atoms with Crippen LogP contribution in [0.1, 0.15) is 42.3 Å². The highest BCUT2D eigenvalue weighted by atomic mass is 19.4. The molecule has 7 nitrogen and oxygen atoms in total. The van der Waals surface area contributed by atoms with Crippen LogP contribution in [0.3, 0.4) is 0 Å². The predicted octanol–water partition coefficient (Wildman–Crippen LogP) is 5.26. The lowest BCUT2D eigenvalue weighted by molar-refractivity contribution is -0.137. The first kappa shape index (κ1) is 25.1. The second kappa shape index (κ2) is 9.36. The van der Waals surface area contributed by atoms with E-state index in [-0.39, 0.29) is 35.1 Å². The fourth-order valence-electron chi connectivity index (χ4n) is 4.63. The summed E-state index contributed by atoms with van der Waals surface area (Å²) < 4.78 is 88.4. The Balaban J connectivity index is 1.56. The number of benzene rings is 2. The van der Waals surface area contributed by atoms with Gasteiger partial charge in [-0.05, 0) is 63.3 Å². The van der Waals surface area contributed by atoms with Gasteiger partial charge in [0.1, 0.15) is 5.82 Å². The molecule has 13 heteroatoms. The third kappa shape index (κ3) is 4.75. The van der Waals surface area contributed by atoms with Gasteiger partial charge in [0.05, 0.1) is 23.1 Å². The summed E-state index contributed by atoms with van der Waals surface area (Å²) in [6, 6.07) is 6.55. The van der Waals surface area contributed by atoms with Gasteiger partial charge < -0.3 is 9.32 Å². The minimum absolute atomic E-state index is 0.0132. The van der Waals surface area contributed by atoms with Gasteiger partial charge in [0.25, 0.3) is 5.89 Å². The molecule has 0 unspecified atom stereocenters. The van der Waals surface area contributed by atoms with Crippen molar-refractivity contribution in [1.82, 2.24) is 24.2 Å². The lowest BCUT2D eigenvalue weighted by Crippen LogP contribution is -2.36. The maximum absolute atomic E-state index is 15.0. The van der Waals surface area contributed by atoms with Crippen LogP contribution in [0.5, 0.6) is 0 Å². The average molecular weight is 525 g/mol. The smallest absolute Gasteiger partial charge is 0.415 e. The minimum atomic E-state index is -4.63. The van der Waals surface area contributed by atoms with E-state index in [4.69, 9.17) is 4.42 Å². The predicted molar refractivity (Wildman–Crippen MR) is 121 cm³/mol. The summed E-state index contributed by atoms with van der Waals surface area (Å²) in [6.07, 6.45) is -6.33. The van der Waals surface area contributed by atoms with Gasteiger partial charge >= 0.3 is 18.3 Å². The zero-order valence-electron chi connectivity index (χ0n) is 19.5. The number of halogens is 6. The van der Waals surface area contributed by atoms with Crippen molar-refractivity contribution in [2.75, 3.05) is 20.1 Å². The normalized spacial score (nSPS) is 15.8. The summed E-state index contributed by atoms with van der Waals surface area (Å²) in [5, 5.41) is 6.68. The number of alkyl halides is 5. The summed E-state index contributed by atoms with van der Waals surface area (Å²) in [5.74, 6) is -2.03. The number of hydrogen-bond acceptors (Lipinski definition) is 5. The number of aromatic nitrogens is 4. The maximum atomic E-state index is 15.0. The molecule has 0 amide bonds. The highest BCUT2D eigenvalue weighted by Crippen LogP contribution is 2.33. The van der Waals surface area contributed by atoms with E-state index in [1.807, 2.05) is 7.05 Å². The minimum Gasteiger partial charge on any atom is -0.415 e. The Bertz CT molecular complexity index is 1500. The summed E-state index contributed by atoms with van der Waals surface area (Å²) in [6.45, 7) is 1.11. The molecule has 2 aromatic carbocycles. The molecule has 1 aliphatic rings. The number of rotatable bonds is 5. The first-order chi connectivity index (χ1) is 17.5. The second-order valence-electron chi connectivity index (χ2n) is 9.03. The molecule has 1 fully saturated rings. The number of likely N-dealkylation sites (tertiary alicyclic amines) is 1. The zero-order chi connectivity index (χ0) is 26.5. The third-order valence-electron chi connectivity index (χ3n) is 6.60. The Kier molecular flexibility index (Phi) is 6.34. The Morgan fingerprint density at radius 3 is 2.41 bits per heavy atom. The fourth-order valence-corrected chi connectivity index (χ4v) is 4.63. The molecule has 2 aromatic heterocycles. The molecule has 196 valence electrons. The highest BCUT2D eigenvalue weighted by Gasteiger charge is 2.32. The van der Waals surface area contributed by atoms with Crippen LogP contribution in [0, 0.1) is 5.82 Å². The van der Waals surface area contributed by atoms with E-state index in [1.165, 1.54) is 22.8 Å². The van der Waals surface area contributed by atoms with Crippen LogP contribution in [-0.2, 0) is 12.7 Å². The van der Waals surface area contributed by atoms with Crippen LogP contribution < -0.4 is 5.69 Å². The molecule has 0 saturated carbocycles. The Morgan fingerprint density at radius 2 is 1.78 bits per heavy atom. The molecular formula is C24H21F6N5O2. The van der Waals surface area contributed by atoms with Gasteiger partial charge in [-0.25, -0.2) is 9.18 Å². The van der Waals surface area contributed by atoms with E-state index in [0.29, 0.717) is 18.4 Å². The molecule has 1 aliphatic heterocycles. The fraction of sp³-hybridized carbons (Fsp3) is 0.375. The molecule has 0 N–H and O–H groups in total. The van der Waals surface area contributed by atoms with E-state index >= 15 is 4.39 Å². The largest absolute Gasteiger partial charge is 0.416 e. The van der Waals surface area contributed by atoms with Gasteiger partial charge in [-0.15, -0.1) is 10.2 Å². The molecule has 0 bridgehead atoms. The van der Waals surface area contributed by atoms with Crippen molar-refractivity contribution in [3.05, 3.63) is 69.7 Å². The van der Waals surface area contributed by atoms with Crippen LogP contribution in [0.4, 0.5) is 26.3 Å². The van der Waals surface area contributed by atoms with Crippen molar-refractivity contribution in [3.63, 3.8) is 0 Å². The summed E-state index contributed by atoms with van der Waals surface area (Å²) in [7, 11) is 1.95. The summed E-state index contributed by atoms with van der Waals surface area (Å²) in [4.78, 5) is 15.6. The monoisotopic (exact) mass is 525 g/mol. The molecule has 0 aliphatic carbocycles. The van der Waals surface area contributed by atoms with Gasteiger partial charge in [-0.1, -0.05) is 6.07 Å². The first-order valence-corrected chi connectivity index (χ1v) is 11.4. The van der Waals surface area contributed by atoms with Gasteiger partial charge in [0, 0.05) is 17.2 Å². The van der Waals surface area contributed by atoms with Crippen LogP contribution in [0.2, 0.25) is 0 Å². The van der Waals surface area contributed by atoms with Crippen molar-refractivity contribution in [1.29, 1.82) is 0 Å². The van der Waals surface area contributed by atoms with Crippen molar-refractivity contribution < 1.29 is 30.8 Å².